The smallest absolute Gasteiger partial charge is 0.303 e. The van der Waals surface area contributed by atoms with Crippen LogP contribution >= 0.6 is 0 Å². The van der Waals surface area contributed by atoms with Crippen molar-refractivity contribution < 1.29 is 23.1 Å². The molecule has 0 spiro atoms. The zero-order valence-corrected chi connectivity index (χ0v) is 18.8. The van der Waals surface area contributed by atoms with Gasteiger partial charge in [0, 0.05) is 12.6 Å². The van der Waals surface area contributed by atoms with E-state index in [1.165, 1.54) is 10.6 Å². The van der Waals surface area contributed by atoms with Crippen LogP contribution in [0.5, 0.6) is 5.75 Å². The summed E-state index contributed by atoms with van der Waals surface area (Å²) in [7, 11) is -3.89. The average molecular weight is 466 g/mol. The summed E-state index contributed by atoms with van der Waals surface area (Å²) >= 11 is 0. The van der Waals surface area contributed by atoms with Gasteiger partial charge >= 0.3 is 5.97 Å². The number of aliphatic carboxylic acids is 1. The lowest BCUT2D eigenvalue weighted by atomic mass is 10.1. The molecule has 1 N–H and O–H groups in total. The number of nitrogens with zero attached hydrogens (tertiary/aromatic N) is 3. The van der Waals surface area contributed by atoms with E-state index in [0.717, 1.165) is 16.8 Å². The van der Waals surface area contributed by atoms with Gasteiger partial charge in [-0.1, -0.05) is 24.3 Å². The second-order valence-corrected chi connectivity index (χ2v) is 9.58. The first-order valence-corrected chi connectivity index (χ1v) is 11.8. The molecule has 0 unspecified atom stereocenters. The Balaban J connectivity index is 1.73. The number of anilines is 1. The fourth-order valence-electron chi connectivity index (χ4n) is 3.58. The molecular formula is C24H23N3O5S. The fraction of sp³-hybridized carbons (Fsp3) is 0.208. The Morgan fingerprint density at radius 2 is 2.06 bits per heavy atom. The largest absolute Gasteiger partial charge is 0.486 e. The Labute approximate surface area is 192 Å². The van der Waals surface area contributed by atoms with Crippen molar-refractivity contribution in [3.63, 3.8) is 0 Å². The van der Waals surface area contributed by atoms with Gasteiger partial charge < -0.3 is 9.84 Å². The normalized spacial score (nSPS) is 15.8. The van der Waals surface area contributed by atoms with E-state index in [9.17, 15) is 13.2 Å². The number of sulfonamides is 1. The summed E-state index contributed by atoms with van der Waals surface area (Å²) in [5, 5.41) is 9.06. The molecule has 2 heterocycles. The number of hydrogen-bond donors (Lipinski definition) is 1. The first-order chi connectivity index (χ1) is 15.8. The van der Waals surface area contributed by atoms with Crippen LogP contribution < -0.4 is 9.04 Å². The molecule has 1 aliphatic rings. The maximum absolute atomic E-state index is 13.6. The topological polar surface area (TPSA) is 110 Å². The number of carboxylic acid groups (broad SMARTS) is 1. The van der Waals surface area contributed by atoms with Gasteiger partial charge in [0.05, 0.1) is 22.8 Å². The molecule has 4 rings (SSSR count). The van der Waals surface area contributed by atoms with Crippen LogP contribution in [0.1, 0.15) is 29.7 Å². The third kappa shape index (κ3) is 5.20. The van der Waals surface area contributed by atoms with Crippen LogP contribution in [0.15, 0.2) is 66.0 Å². The molecule has 3 aromatic rings. The molecule has 0 radical (unpaired) electrons. The summed E-state index contributed by atoms with van der Waals surface area (Å²) in [6.45, 7) is 1.85. The number of hydrogen-bond acceptors (Lipinski definition) is 6. The van der Waals surface area contributed by atoms with Crippen molar-refractivity contribution >= 4 is 33.8 Å². The van der Waals surface area contributed by atoms with Crippen molar-refractivity contribution in [2.45, 2.75) is 30.8 Å². The van der Waals surface area contributed by atoms with E-state index < -0.39 is 22.1 Å². The zero-order chi connectivity index (χ0) is 23.4. The number of aromatic nitrogens is 2. The molecule has 0 saturated carbocycles. The van der Waals surface area contributed by atoms with Gasteiger partial charge in [-0.2, -0.15) is 0 Å². The van der Waals surface area contributed by atoms with Crippen LogP contribution in [-0.4, -0.2) is 42.1 Å². The molecular weight excluding hydrogens is 442 g/mol. The van der Waals surface area contributed by atoms with Crippen LogP contribution in [0, 0.1) is 6.92 Å². The summed E-state index contributed by atoms with van der Waals surface area (Å²) in [5.41, 5.74) is 2.72. The van der Waals surface area contributed by atoms with Gasteiger partial charge in [0.25, 0.3) is 10.0 Å². The van der Waals surface area contributed by atoms with E-state index in [-0.39, 0.29) is 24.3 Å². The summed E-state index contributed by atoms with van der Waals surface area (Å²) in [6.07, 6.45) is 6.24. The Kier molecular flexibility index (Phi) is 6.41. The van der Waals surface area contributed by atoms with Crippen molar-refractivity contribution in [3.8, 4) is 5.75 Å². The molecule has 1 aromatic heterocycles. The van der Waals surface area contributed by atoms with Crippen molar-refractivity contribution in [3.05, 3.63) is 77.9 Å². The number of benzene rings is 2. The Bertz CT molecular complexity index is 1290. The number of ether oxygens (including phenoxy) is 1. The van der Waals surface area contributed by atoms with Crippen LogP contribution in [-0.2, 0) is 14.8 Å². The van der Waals surface area contributed by atoms with Crippen LogP contribution in [0.3, 0.4) is 0 Å². The highest BCUT2D eigenvalue weighted by molar-refractivity contribution is 7.92. The summed E-state index contributed by atoms with van der Waals surface area (Å²) < 4.78 is 34.5. The van der Waals surface area contributed by atoms with Gasteiger partial charge in [0.2, 0.25) is 0 Å². The monoisotopic (exact) mass is 465 g/mol. The lowest BCUT2D eigenvalue weighted by molar-refractivity contribution is -0.137. The Hall–Kier alpha value is -3.72. The highest BCUT2D eigenvalue weighted by Crippen LogP contribution is 2.39. The summed E-state index contributed by atoms with van der Waals surface area (Å²) in [5.74, 6) is -0.560. The summed E-state index contributed by atoms with van der Waals surface area (Å²) in [4.78, 5) is 19.3. The van der Waals surface area contributed by atoms with E-state index in [2.05, 4.69) is 9.97 Å². The molecule has 33 heavy (non-hydrogen) atoms. The molecule has 0 aliphatic carbocycles. The first kappa shape index (κ1) is 22.5. The predicted octanol–water partition coefficient (Wildman–Crippen LogP) is 3.78. The van der Waals surface area contributed by atoms with Crippen LogP contribution in [0.25, 0.3) is 12.2 Å². The second-order valence-electron chi connectivity index (χ2n) is 7.72. The Morgan fingerprint density at radius 3 is 2.79 bits per heavy atom. The molecule has 0 fully saturated rings. The summed E-state index contributed by atoms with van der Waals surface area (Å²) in [6, 6.07) is 13.7. The minimum Gasteiger partial charge on any atom is -0.486 e. The molecule has 0 bridgehead atoms. The van der Waals surface area contributed by atoms with E-state index in [0.29, 0.717) is 11.4 Å². The van der Waals surface area contributed by atoms with Gasteiger partial charge in [0.15, 0.2) is 0 Å². The lowest BCUT2D eigenvalue weighted by Crippen LogP contribution is -2.43. The number of aryl methyl sites for hydroxylation is 1. The standard InChI is InChI=1S/C24H23N3O5S/c1-17-3-2-4-21(13-17)33(30,31)27-15-20(8-10-24(28)29)32-23-9-6-18(14-22(23)27)5-7-19-11-12-25-16-26-19/h2-7,9,11-14,16,20H,8,10,15H2,1H3,(H,28,29)/b7-5+/t20-/m0/s1. The molecule has 8 nitrogen and oxygen atoms in total. The number of fused-ring (bicyclic) bond motifs is 1. The van der Waals surface area contributed by atoms with Gasteiger partial charge in [-0.05, 0) is 60.9 Å². The predicted molar refractivity (Wildman–Crippen MR) is 124 cm³/mol. The van der Waals surface area contributed by atoms with Gasteiger partial charge in [-0.25, -0.2) is 18.4 Å². The van der Waals surface area contributed by atoms with Crippen molar-refractivity contribution in [1.82, 2.24) is 9.97 Å². The van der Waals surface area contributed by atoms with Gasteiger partial charge in [-0.3, -0.25) is 9.10 Å². The highest BCUT2D eigenvalue weighted by Gasteiger charge is 2.34. The average Bonchev–Trinajstić information content (AvgIpc) is 2.81. The molecule has 0 saturated heterocycles. The van der Waals surface area contributed by atoms with E-state index in [1.54, 1.807) is 42.6 Å². The van der Waals surface area contributed by atoms with Crippen molar-refractivity contribution in [2.75, 3.05) is 10.8 Å². The quantitative estimate of drug-likeness (QED) is 0.565. The number of rotatable bonds is 7. The maximum Gasteiger partial charge on any atom is 0.303 e. The lowest BCUT2D eigenvalue weighted by Gasteiger charge is -2.35. The Morgan fingerprint density at radius 1 is 1.21 bits per heavy atom. The maximum atomic E-state index is 13.6. The molecule has 170 valence electrons. The van der Waals surface area contributed by atoms with E-state index in [4.69, 9.17) is 9.84 Å². The fourth-order valence-corrected chi connectivity index (χ4v) is 5.18. The van der Waals surface area contributed by atoms with Crippen molar-refractivity contribution in [2.24, 2.45) is 0 Å². The highest BCUT2D eigenvalue weighted by atomic mass is 32.2. The molecule has 2 aromatic carbocycles. The van der Waals surface area contributed by atoms with Gasteiger partial charge in [-0.15, -0.1) is 0 Å². The number of carboxylic acids is 1. The van der Waals surface area contributed by atoms with E-state index >= 15 is 0 Å². The molecule has 1 aliphatic heterocycles. The second kappa shape index (κ2) is 9.41. The zero-order valence-electron chi connectivity index (χ0n) is 18.0. The van der Waals surface area contributed by atoms with Crippen LogP contribution in [0.4, 0.5) is 5.69 Å². The molecule has 0 amide bonds. The number of carbonyl (C=O) groups is 1. The third-order valence-corrected chi connectivity index (χ3v) is 7.00. The van der Waals surface area contributed by atoms with Crippen LogP contribution in [0.2, 0.25) is 0 Å². The molecule has 9 heteroatoms. The minimum absolute atomic E-state index is 0.0234. The van der Waals surface area contributed by atoms with E-state index in [1.807, 2.05) is 31.2 Å². The van der Waals surface area contributed by atoms with Crippen molar-refractivity contribution in [1.29, 1.82) is 0 Å². The first-order valence-electron chi connectivity index (χ1n) is 10.4. The minimum atomic E-state index is -3.89. The molecule has 1 atom stereocenters. The van der Waals surface area contributed by atoms with Gasteiger partial charge in [0.1, 0.15) is 18.2 Å². The SMILES string of the molecule is Cc1cccc(S(=O)(=O)N2C[C@H](CCC(=O)O)Oc3ccc(/C=C/c4ccncn4)cc32)c1. The third-order valence-electron chi connectivity index (χ3n) is 5.22.